The lowest BCUT2D eigenvalue weighted by atomic mass is 10.1. The molecule has 0 N–H and O–H groups in total. The van der Waals surface area contributed by atoms with Gasteiger partial charge in [0.2, 0.25) is 0 Å². The molecule has 0 saturated carbocycles. The number of alkyl halides is 3. The Kier molecular flexibility index (Phi) is 6.05. The molecule has 1 aliphatic rings. The van der Waals surface area contributed by atoms with E-state index in [2.05, 4.69) is 9.97 Å². The summed E-state index contributed by atoms with van der Waals surface area (Å²) in [5, 5.41) is 0.341. The van der Waals surface area contributed by atoms with Crippen LogP contribution in [0.25, 0.3) is 10.9 Å². The van der Waals surface area contributed by atoms with Gasteiger partial charge in [0.05, 0.1) is 11.1 Å². The van der Waals surface area contributed by atoms with Gasteiger partial charge in [-0.1, -0.05) is 0 Å². The Morgan fingerprint density at radius 1 is 1.00 bits per heavy atom. The second-order valence-corrected chi connectivity index (χ2v) is 7.65. The minimum absolute atomic E-state index is 0.105. The van der Waals surface area contributed by atoms with E-state index in [1.807, 2.05) is 4.90 Å². The summed E-state index contributed by atoms with van der Waals surface area (Å²) in [7, 11) is 0. The highest BCUT2D eigenvalue weighted by Gasteiger charge is 2.39. The molecule has 0 bridgehead atoms. The Balaban J connectivity index is 1.54. The molecule has 1 aromatic carbocycles. The molecular formula is C22H19F5N4O. The van der Waals surface area contributed by atoms with E-state index in [1.54, 1.807) is 0 Å². The summed E-state index contributed by atoms with van der Waals surface area (Å²) >= 11 is 0. The van der Waals surface area contributed by atoms with Gasteiger partial charge in [0.15, 0.2) is 5.69 Å². The number of halogens is 5. The van der Waals surface area contributed by atoms with Crippen LogP contribution in [0, 0.1) is 11.6 Å². The Hall–Kier alpha value is -3.14. The van der Waals surface area contributed by atoms with Gasteiger partial charge in [-0.2, -0.15) is 13.2 Å². The van der Waals surface area contributed by atoms with Gasteiger partial charge in [0, 0.05) is 56.6 Å². The van der Waals surface area contributed by atoms with E-state index in [-0.39, 0.29) is 25.2 Å². The molecule has 1 saturated heterocycles. The van der Waals surface area contributed by atoms with Crippen molar-refractivity contribution in [2.24, 2.45) is 0 Å². The maximum Gasteiger partial charge on any atom is 0.434 e. The first-order valence-corrected chi connectivity index (χ1v) is 9.99. The van der Waals surface area contributed by atoms with Crippen LogP contribution in [0.1, 0.15) is 28.0 Å². The predicted molar refractivity (Wildman–Crippen MR) is 107 cm³/mol. The molecule has 4 rings (SSSR count). The van der Waals surface area contributed by atoms with E-state index in [4.69, 9.17) is 0 Å². The quantitative estimate of drug-likeness (QED) is 0.559. The van der Waals surface area contributed by atoms with Gasteiger partial charge in [-0.3, -0.25) is 14.7 Å². The van der Waals surface area contributed by atoms with Crippen molar-refractivity contribution in [3.8, 4) is 0 Å². The zero-order valence-corrected chi connectivity index (χ0v) is 16.9. The first kappa shape index (κ1) is 22.1. The van der Waals surface area contributed by atoms with Crippen molar-refractivity contribution in [2.45, 2.75) is 19.1 Å². The van der Waals surface area contributed by atoms with Crippen LogP contribution >= 0.6 is 0 Å². The molecule has 0 spiro atoms. The SMILES string of the molecule is O=C(c1cc2cnccc2nc1C(F)(F)F)N1CCCN(Cc2cc(F)cc(F)c2)CC1. The molecule has 0 aliphatic carbocycles. The molecule has 1 amide bonds. The van der Waals surface area contributed by atoms with Crippen LogP contribution in [0.2, 0.25) is 0 Å². The molecule has 5 nitrogen and oxygen atoms in total. The Morgan fingerprint density at radius 3 is 2.47 bits per heavy atom. The number of pyridine rings is 2. The lowest BCUT2D eigenvalue weighted by Crippen LogP contribution is -2.36. The fraction of sp³-hybridized carbons (Fsp3) is 0.318. The van der Waals surface area contributed by atoms with Crippen molar-refractivity contribution < 1.29 is 26.7 Å². The van der Waals surface area contributed by atoms with Crippen LogP contribution in [-0.2, 0) is 12.7 Å². The Bertz CT molecular complexity index is 1130. The average molecular weight is 450 g/mol. The van der Waals surface area contributed by atoms with Gasteiger partial charge in [-0.15, -0.1) is 0 Å². The Labute approximate surface area is 180 Å². The number of carbonyl (C=O) groups excluding carboxylic acids is 1. The zero-order valence-electron chi connectivity index (χ0n) is 16.9. The van der Waals surface area contributed by atoms with Gasteiger partial charge >= 0.3 is 6.18 Å². The van der Waals surface area contributed by atoms with Crippen LogP contribution in [0.5, 0.6) is 0 Å². The fourth-order valence-corrected chi connectivity index (χ4v) is 3.86. The van der Waals surface area contributed by atoms with Crippen molar-refractivity contribution in [1.82, 2.24) is 19.8 Å². The Morgan fingerprint density at radius 2 is 1.75 bits per heavy atom. The smallest absolute Gasteiger partial charge is 0.337 e. The molecule has 168 valence electrons. The first-order chi connectivity index (χ1) is 15.2. The van der Waals surface area contributed by atoms with Crippen molar-refractivity contribution in [3.05, 3.63) is 71.2 Å². The summed E-state index contributed by atoms with van der Waals surface area (Å²) in [4.78, 5) is 23.9. The number of aromatic nitrogens is 2. The summed E-state index contributed by atoms with van der Waals surface area (Å²) < 4.78 is 67.8. The van der Waals surface area contributed by atoms with E-state index in [9.17, 15) is 26.7 Å². The normalized spacial score (nSPS) is 15.7. The second-order valence-electron chi connectivity index (χ2n) is 7.65. The molecule has 2 aromatic heterocycles. The number of fused-ring (bicyclic) bond motifs is 1. The molecule has 32 heavy (non-hydrogen) atoms. The molecule has 0 radical (unpaired) electrons. The minimum Gasteiger partial charge on any atom is -0.337 e. The average Bonchev–Trinajstić information content (AvgIpc) is 2.96. The highest BCUT2D eigenvalue weighted by atomic mass is 19.4. The van der Waals surface area contributed by atoms with E-state index >= 15 is 0 Å². The standard InChI is InChI=1S/C22H19F5N4O/c23-16-8-14(9-17(24)11-16)13-30-4-1-5-31(7-6-30)21(32)18-10-15-12-28-3-2-19(15)29-20(18)22(25,26)27/h2-3,8-12H,1,4-7,13H2. The number of benzene rings is 1. The molecule has 1 aliphatic heterocycles. The van der Waals surface area contributed by atoms with Crippen molar-refractivity contribution in [1.29, 1.82) is 0 Å². The van der Waals surface area contributed by atoms with Crippen LogP contribution in [0.3, 0.4) is 0 Å². The van der Waals surface area contributed by atoms with E-state index in [0.29, 0.717) is 30.5 Å². The number of rotatable bonds is 3. The zero-order chi connectivity index (χ0) is 22.9. The number of amides is 1. The predicted octanol–water partition coefficient (Wildman–Crippen LogP) is 4.27. The summed E-state index contributed by atoms with van der Waals surface area (Å²) in [5.74, 6) is -2.11. The van der Waals surface area contributed by atoms with Crippen molar-refractivity contribution >= 4 is 16.8 Å². The maximum atomic E-state index is 13.6. The summed E-state index contributed by atoms with van der Waals surface area (Å²) in [6.07, 6.45) is -1.58. The minimum atomic E-state index is -4.79. The molecule has 1 fully saturated rings. The lowest BCUT2D eigenvalue weighted by molar-refractivity contribution is -0.141. The third-order valence-electron chi connectivity index (χ3n) is 5.32. The first-order valence-electron chi connectivity index (χ1n) is 9.99. The van der Waals surface area contributed by atoms with Crippen LogP contribution in [-0.4, -0.2) is 51.9 Å². The largest absolute Gasteiger partial charge is 0.434 e. The molecule has 3 heterocycles. The third kappa shape index (κ3) is 4.85. The second kappa shape index (κ2) is 8.78. The highest BCUT2D eigenvalue weighted by Crippen LogP contribution is 2.33. The molecule has 10 heteroatoms. The van der Waals surface area contributed by atoms with Crippen molar-refractivity contribution in [3.63, 3.8) is 0 Å². The van der Waals surface area contributed by atoms with Gasteiger partial charge in [0.1, 0.15) is 11.6 Å². The van der Waals surface area contributed by atoms with Crippen LogP contribution in [0.4, 0.5) is 22.0 Å². The lowest BCUT2D eigenvalue weighted by Gasteiger charge is -2.23. The maximum absolute atomic E-state index is 13.6. The fourth-order valence-electron chi connectivity index (χ4n) is 3.86. The molecule has 3 aromatic rings. The topological polar surface area (TPSA) is 49.3 Å². The molecule has 0 unspecified atom stereocenters. The summed E-state index contributed by atoms with van der Waals surface area (Å²) in [6, 6.07) is 5.80. The summed E-state index contributed by atoms with van der Waals surface area (Å²) in [5.41, 5.74) is -1.18. The van der Waals surface area contributed by atoms with Crippen molar-refractivity contribution in [2.75, 3.05) is 26.2 Å². The van der Waals surface area contributed by atoms with Gasteiger partial charge < -0.3 is 4.90 Å². The van der Waals surface area contributed by atoms with Crippen LogP contribution < -0.4 is 0 Å². The highest BCUT2D eigenvalue weighted by molar-refractivity contribution is 5.98. The molecular weight excluding hydrogens is 431 g/mol. The summed E-state index contributed by atoms with van der Waals surface area (Å²) in [6.45, 7) is 1.60. The van der Waals surface area contributed by atoms with E-state index in [1.165, 1.54) is 41.6 Å². The van der Waals surface area contributed by atoms with E-state index < -0.39 is 35.0 Å². The van der Waals surface area contributed by atoms with Gasteiger partial charge in [-0.05, 0) is 36.2 Å². The number of hydrogen-bond acceptors (Lipinski definition) is 4. The van der Waals surface area contributed by atoms with Gasteiger partial charge in [-0.25, -0.2) is 13.8 Å². The van der Waals surface area contributed by atoms with Gasteiger partial charge in [0.25, 0.3) is 5.91 Å². The van der Waals surface area contributed by atoms with E-state index in [0.717, 1.165) is 6.07 Å². The number of nitrogens with zero attached hydrogens (tertiary/aromatic N) is 4. The third-order valence-corrected chi connectivity index (χ3v) is 5.32. The monoisotopic (exact) mass is 450 g/mol. The number of carbonyl (C=O) groups is 1. The molecule has 0 atom stereocenters. The van der Waals surface area contributed by atoms with Crippen LogP contribution in [0.15, 0.2) is 42.7 Å². The number of hydrogen-bond donors (Lipinski definition) is 0.